The summed E-state index contributed by atoms with van der Waals surface area (Å²) >= 11 is 0. The Kier molecular flexibility index (Phi) is 6.12. The van der Waals surface area contributed by atoms with Gasteiger partial charge < -0.3 is 15.0 Å². The number of hydrogen-bond donors (Lipinski definition) is 1. The van der Waals surface area contributed by atoms with Crippen LogP contribution in [0.1, 0.15) is 17.5 Å². The van der Waals surface area contributed by atoms with E-state index in [0.717, 1.165) is 16.9 Å². The van der Waals surface area contributed by atoms with Crippen LogP contribution in [0.15, 0.2) is 54.6 Å². The quantitative estimate of drug-likeness (QED) is 0.781. The lowest BCUT2D eigenvalue weighted by molar-refractivity contribution is -0.134. The lowest BCUT2D eigenvalue weighted by Crippen LogP contribution is -2.32. The maximum atomic E-state index is 12.5. The molecular weight excluding hydrogens is 340 g/mol. The van der Waals surface area contributed by atoms with Crippen molar-refractivity contribution in [1.82, 2.24) is 10.2 Å². The van der Waals surface area contributed by atoms with Gasteiger partial charge >= 0.3 is 0 Å². The molecule has 0 aromatic heterocycles. The Morgan fingerprint density at radius 1 is 1.07 bits per heavy atom. The van der Waals surface area contributed by atoms with E-state index in [2.05, 4.69) is 5.32 Å². The van der Waals surface area contributed by atoms with Crippen LogP contribution in [-0.2, 0) is 22.6 Å². The van der Waals surface area contributed by atoms with Crippen LogP contribution in [0.3, 0.4) is 0 Å². The maximum absolute atomic E-state index is 12.5. The first-order valence-corrected chi connectivity index (χ1v) is 9.28. The third-order valence-corrected chi connectivity index (χ3v) is 4.97. The van der Waals surface area contributed by atoms with Crippen molar-refractivity contribution in [2.24, 2.45) is 11.8 Å². The summed E-state index contributed by atoms with van der Waals surface area (Å²) in [4.78, 5) is 26.6. The zero-order valence-electron chi connectivity index (χ0n) is 15.9. The molecular formula is C22H26N2O3. The van der Waals surface area contributed by atoms with Crippen LogP contribution in [0, 0.1) is 11.8 Å². The standard InChI is InChI=1S/C22H26N2O3/c1-24(15-16-8-4-3-5-9-16)22(26)19-14-18(19)21(25)23-13-12-17-10-6-7-11-20(17)27-2/h3-11,18-19H,12-15H2,1-2H3,(H,23,25). The van der Waals surface area contributed by atoms with Crippen molar-refractivity contribution in [3.05, 3.63) is 65.7 Å². The highest BCUT2D eigenvalue weighted by molar-refractivity contribution is 5.92. The molecule has 1 fully saturated rings. The number of amides is 2. The first-order chi connectivity index (χ1) is 13.1. The molecule has 0 bridgehead atoms. The summed E-state index contributed by atoms with van der Waals surface area (Å²) in [7, 11) is 3.44. The number of nitrogens with zero attached hydrogens (tertiary/aromatic N) is 1. The number of rotatable bonds is 8. The molecule has 0 saturated heterocycles. The Balaban J connectivity index is 1.43. The Hall–Kier alpha value is -2.82. The molecule has 1 aliphatic carbocycles. The summed E-state index contributed by atoms with van der Waals surface area (Å²) in [6.07, 6.45) is 1.34. The average Bonchev–Trinajstić information content (AvgIpc) is 3.49. The molecule has 27 heavy (non-hydrogen) atoms. The third kappa shape index (κ3) is 4.88. The zero-order chi connectivity index (χ0) is 19.2. The Morgan fingerprint density at radius 3 is 2.52 bits per heavy atom. The van der Waals surface area contributed by atoms with Crippen molar-refractivity contribution in [2.45, 2.75) is 19.4 Å². The molecule has 0 radical (unpaired) electrons. The van der Waals surface area contributed by atoms with E-state index in [1.54, 1.807) is 19.1 Å². The maximum Gasteiger partial charge on any atom is 0.226 e. The van der Waals surface area contributed by atoms with Gasteiger partial charge in [-0.2, -0.15) is 0 Å². The summed E-state index contributed by atoms with van der Waals surface area (Å²) in [5, 5.41) is 2.95. The minimum Gasteiger partial charge on any atom is -0.496 e. The highest BCUT2D eigenvalue weighted by atomic mass is 16.5. The molecule has 0 aliphatic heterocycles. The lowest BCUT2D eigenvalue weighted by Gasteiger charge is -2.17. The molecule has 2 aromatic rings. The normalized spacial score (nSPS) is 17.9. The molecule has 2 aromatic carbocycles. The number of methoxy groups -OCH3 is 1. The molecule has 1 aliphatic rings. The molecule has 0 spiro atoms. The van der Waals surface area contributed by atoms with Gasteiger partial charge in [-0.25, -0.2) is 0 Å². The van der Waals surface area contributed by atoms with Crippen molar-refractivity contribution in [1.29, 1.82) is 0 Å². The van der Waals surface area contributed by atoms with E-state index < -0.39 is 0 Å². The largest absolute Gasteiger partial charge is 0.496 e. The van der Waals surface area contributed by atoms with Gasteiger partial charge in [0, 0.05) is 20.1 Å². The lowest BCUT2D eigenvalue weighted by atomic mass is 10.1. The number of ether oxygens (including phenoxy) is 1. The summed E-state index contributed by atoms with van der Waals surface area (Å²) in [6, 6.07) is 17.7. The number of carbonyl (C=O) groups excluding carboxylic acids is 2. The van der Waals surface area contributed by atoms with Gasteiger partial charge in [0.05, 0.1) is 18.9 Å². The average molecular weight is 366 g/mol. The fraction of sp³-hybridized carbons (Fsp3) is 0.364. The Morgan fingerprint density at radius 2 is 1.78 bits per heavy atom. The zero-order valence-corrected chi connectivity index (χ0v) is 15.9. The summed E-state index contributed by atoms with van der Waals surface area (Å²) in [5.74, 6) is 0.451. The van der Waals surface area contributed by atoms with Crippen LogP contribution < -0.4 is 10.1 Å². The van der Waals surface area contributed by atoms with Gasteiger partial charge in [0.1, 0.15) is 5.75 Å². The number of carbonyl (C=O) groups is 2. The summed E-state index contributed by atoms with van der Waals surface area (Å²) < 4.78 is 5.32. The first kappa shape index (κ1) is 19.0. The van der Waals surface area contributed by atoms with Crippen molar-refractivity contribution in [3.63, 3.8) is 0 Å². The molecule has 2 amide bonds. The van der Waals surface area contributed by atoms with E-state index in [1.807, 2.05) is 54.6 Å². The van der Waals surface area contributed by atoms with Crippen LogP contribution in [0.2, 0.25) is 0 Å². The van der Waals surface area contributed by atoms with Crippen molar-refractivity contribution in [2.75, 3.05) is 20.7 Å². The fourth-order valence-electron chi connectivity index (χ4n) is 3.34. The predicted octanol–water partition coefficient (Wildman–Crippen LogP) is 2.65. The molecule has 2 unspecified atom stereocenters. The van der Waals surface area contributed by atoms with Crippen molar-refractivity contribution < 1.29 is 14.3 Å². The van der Waals surface area contributed by atoms with E-state index in [0.29, 0.717) is 25.9 Å². The van der Waals surface area contributed by atoms with Gasteiger partial charge in [-0.05, 0) is 30.0 Å². The van der Waals surface area contributed by atoms with E-state index >= 15 is 0 Å². The molecule has 142 valence electrons. The number of para-hydroxylation sites is 1. The van der Waals surface area contributed by atoms with E-state index in [9.17, 15) is 9.59 Å². The second-order valence-electron chi connectivity index (χ2n) is 6.98. The van der Waals surface area contributed by atoms with Crippen molar-refractivity contribution >= 4 is 11.8 Å². The summed E-state index contributed by atoms with van der Waals surface area (Å²) in [6.45, 7) is 1.11. The number of benzene rings is 2. The van der Waals surface area contributed by atoms with Crippen LogP contribution in [0.4, 0.5) is 0 Å². The van der Waals surface area contributed by atoms with Gasteiger partial charge in [0.15, 0.2) is 0 Å². The van der Waals surface area contributed by atoms with Crippen LogP contribution in [0.25, 0.3) is 0 Å². The van der Waals surface area contributed by atoms with Crippen LogP contribution in [0.5, 0.6) is 5.75 Å². The number of hydrogen-bond acceptors (Lipinski definition) is 3. The molecule has 0 heterocycles. The van der Waals surface area contributed by atoms with Crippen molar-refractivity contribution in [3.8, 4) is 5.75 Å². The fourth-order valence-corrected chi connectivity index (χ4v) is 3.34. The Labute approximate surface area is 160 Å². The van der Waals surface area contributed by atoms with Gasteiger partial charge in [-0.1, -0.05) is 48.5 Å². The molecule has 3 rings (SSSR count). The van der Waals surface area contributed by atoms with Crippen LogP contribution >= 0.6 is 0 Å². The molecule has 1 N–H and O–H groups in total. The summed E-state index contributed by atoms with van der Waals surface area (Å²) in [5.41, 5.74) is 2.15. The number of nitrogens with one attached hydrogen (secondary N) is 1. The molecule has 5 nitrogen and oxygen atoms in total. The predicted molar refractivity (Wildman–Crippen MR) is 104 cm³/mol. The molecule has 5 heteroatoms. The highest BCUT2D eigenvalue weighted by Gasteiger charge is 2.48. The molecule has 2 atom stereocenters. The topological polar surface area (TPSA) is 58.6 Å². The first-order valence-electron chi connectivity index (χ1n) is 9.28. The van der Waals surface area contributed by atoms with E-state index in [4.69, 9.17) is 4.74 Å². The van der Waals surface area contributed by atoms with E-state index in [1.165, 1.54) is 0 Å². The van der Waals surface area contributed by atoms with Gasteiger partial charge in [-0.15, -0.1) is 0 Å². The second-order valence-corrected chi connectivity index (χ2v) is 6.98. The Bertz CT molecular complexity index is 791. The van der Waals surface area contributed by atoms with Gasteiger partial charge in [0.25, 0.3) is 0 Å². The molecule has 1 saturated carbocycles. The van der Waals surface area contributed by atoms with E-state index in [-0.39, 0.29) is 23.7 Å². The monoisotopic (exact) mass is 366 g/mol. The SMILES string of the molecule is COc1ccccc1CCNC(=O)C1CC1C(=O)N(C)Cc1ccccc1. The smallest absolute Gasteiger partial charge is 0.226 e. The second kappa shape index (κ2) is 8.71. The minimum absolute atomic E-state index is 0.0311. The minimum atomic E-state index is -0.201. The highest BCUT2D eigenvalue weighted by Crippen LogP contribution is 2.40. The van der Waals surface area contributed by atoms with Crippen LogP contribution in [-0.4, -0.2) is 37.4 Å². The van der Waals surface area contributed by atoms with Gasteiger partial charge in [-0.3, -0.25) is 9.59 Å². The van der Waals surface area contributed by atoms with Gasteiger partial charge in [0.2, 0.25) is 11.8 Å². The third-order valence-electron chi connectivity index (χ3n) is 4.97.